The summed E-state index contributed by atoms with van der Waals surface area (Å²) < 4.78 is 0. The Balaban J connectivity index is 0.00000264. The fourth-order valence-electron chi connectivity index (χ4n) is 1.97. The highest BCUT2D eigenvalue weighted by Gasteiger charge is 2.23. The number of rotatable bonds is 6. The van der Waals surface area contributed by atoms with E-state index in [9.17, 15) is 14.4 Å². The molecule has 1 aromatic carbocycles. The Morgan fingerprint density at radius 1 is 1.30 bits per heavy atom. The first-order valence-corrected chi connectivity index (χ1v) is 8.00. The van der Waals surface area contributed by atoms with E-state index in [2.05, 4.69) is 10.6 Å². The van der Waals surface area contributed by atoms with Gasteiger partial charge >= 0.3 is 0 Å². The summed E-state index contributed by atoms with van der Waals surface area (Å²) in [6.07, 6.45) is 0. The minimum Gasteiger partial charge on any atom is -0.351 e. The average molecular weight is 359 g/mol. The van der Waals surface area contributed by atoms with Crippen LogP contribution < -0.4 is 16.4 Å². The van der Waals surface area contributed by atoms with Crippen LogP contribution in [-0.4, -0.2) is 53.9 Å². The number of anilines is 1. The minimum atomic E-state index is -0.324. The third kappa shape index (κ3) is 5.42. The van der Waals surface area contributed by atoms with E-state index in [1.807, 2.05) is 0 Å². The van der Waals surface area contributed by atoms with Crippen molar-refractivity contribution in [1.82, 2.24) is 10.2 Å². The monoisotopic (exact) mass is 358 g/mol. The molecule has 1 aromatic rings. The second kappa shape index (κ2) is 9.39. The van der Waals surface area contributed by atoms with Crippen molar-refractivity contribution in [3.63, 3.8) is 0 Å². The zero-order valence-corrected chi connectivity index (χ0v) is 14.0. The largest absolute Gasteiger partial charge is 0.351 e. The van der Waals surface area contributed by atoms with Gasteiger partial charge in [0.15, 0.2) is 0 Å². The van der Waals surface area contributed by atoms with Crippen molar-refractivity contribution in [3.8, 4) is 0 Å². The maximum atomic E-state index is 12.0. The van der Waals surface area contributed by atoms with Crippen molar-refractivity contribution in [1.29, 1.82) is 0 Å². The van der Waals surface area contributed by atoms with Gasteiger partial charge in [-0.2, -0.15) is 0 Å². The molecule has 0 bridgehead atoms. The number of thioether (sulfide) groups is 1. The topological polar surface area (TPSA) is 105 Å². The third-order valence-electron chi connectivity index (χ3n) is 3.04. The van der Waals surface area contributed by atoms with Gasteiger partial charge in [0.1, 0.15) is 6.54 Å². The van der Waals surface area contributed by atoms with Gasteiger partial charge in [-0.15, -0.1) is 24.2 Å². The van der Waals surface area contributed by atoms with E-state index < -0.39 is 0 Å². The van der Waals surface area contributed by atoms with E-state index >= 15 is 0 Å². The van der Waals surface area contributed by atoms with Gasteiger partial charge in [-0.3, -0.25) is 14.4 Å². The van der Waals surface area contributed by atoms with Crippen LogP contribution in [-0.2, 0) is 9.59 Å². The second-order valence-electron chi connectivity index (χ2n) is 4.71. The molecule has 126 valence electrons. The van der Waals surface area contributed by atoms with Crippen LogP contribution in [0.4, 0.5) is 5.69 Å². The Morgan fingerprint density at radius 2 is 2.04 bits per heavy atom. The molecule has 23 heavy (non-hydrogen) atoms. The molecule has 9 heteroatoms. The normalized spacial score (nSPS) is 13.4. The molecule has 0 aromatic heterocycles. The number of halogens is 1. The molecule has 0 atom stereocenters. The number of nitrogens with zero attached hydrogens (tertiary/aromatic N) is 1. The highest BCUT2D eigenvalue weighted by atomic mass is 35.5. The van der Waals surface area contributed by atoms with Crippen molar-refractivity contribution in [2.24, 2.45) is 5.73 Å². The molecular weight excluding hydrogens is 340 g/mol. The lowest BCUT2D eigenvalue weighted by Crippen LogP contribution is -2.35. The van der Waals surface area contributed by atoms with Gasteiger partial charge in [-0.05, 0) is 12.1 Å². The first-order valence-electron chi connectivity index (χ1n) is 6.84. The van der Waals surface area contributed by atoms with Crippen LogP contribution in [0.2, 0.25) is 0 Å². The number of hydrogen-bond acceptors (Lipinski definition) is 5. The number of nitrogens with one attached hydrogen (secondary N) is 2. The first kappa shape index (κ1) is 19.3. The Kier molecular flexibility index (Phi) is 7.87. The average Bonchev–Trinajstić information content (AvgIpc) is 2.90. The van der Waals surface area contributed by atoms with E-state index in [4.69, 9.17) is 5.73 Å². The molecule has 7 nitrogen and oxygen atoms in total. The van der Waals surface area contributed by atoms with Crippen molar-refractivity contribution in [2.45, 2.75) is 0 Å². The molecule has 3 amide bonds. The van der Waals surface area contributed by atoms with Crippen LogP contribution in [0.15, 0.2) is 24.3 Å². The number of hydrogen-bond donors (Lipinski definition) is 3. The number of amides is 3. The number of nitrogens with two attached hydrogens (primary N) is 1. The van der Waals surface area contributed by atoms with E-state index in [-0.39, 0.29) is 36.7 Å². The molecule has 4 N–H and O–H groups in total. The zero-order valence-electron chi connectivity index (χ0n) is 12.4. The van der Waals surface area contributed by atoms with Gasteiger partial charge in [0.2, 0.25) is 11.8 Å². The number of carbonyl (C=O) groups excluding carboxylic acids is 3. The van der Waals surface area contributed by atoms with Gasteiger partial charge in [0.25, 0.3) is 5.91 Å². The molecule has 0 saturated carbocycles. The van der Waals surface area contributed by atoms with E-state index in [0.29, 0.717) is 36.0 Å². The van der Waals surface area contributed by atoms with Crippen LogP contribution in [0.5, 0.6) is 0 Å². The number of para-hydroxylation sites is 1. The Hall–Kier alpha value is -1.77. The Morgan fingerprint density at radius 3 is 2.70 bits per heavy atom. The molecule has 1 aliphatic heterocycles. The summed E-state index contributed by atoms with van der Waals surface area (Å²) in [5, 5.41) is 5.34. The minimum absolute atomic E-state index is 0. The standard InChI is InChI=1S/C14H18N4O3S.ClH/c15-5-6-16-14(21)10-3-1-2-4-11(10)17-12(19)7-18-9-22-8-13(18)20;/h1-4H,5-9,15H2,(H,16,21)(H,17,19);1H. The van der Waals surface area contributed by atoms with Gasteiger partial charge in [0, 0.05) is 13.1 Å². The summed E-state index contributed by atoms with van der Waals surface area (Å²) >= 11 is 1.48. The van der Waals surface area contributed by atoms with Gasteiger partial charge < -0.3 is 21.3 Å². The SMILES string of the molecule is Cl.NCCNC(=O)c1ccccc1NC(=O)CN1CSCC1=O. The van der Waals surface area contributed by atoms with Gasteiger partial charge in [0.05, 0.1) is 22.9 Å². The summed E-state index contributed by atoms with van der Waals surface area (Å²) in [4.78, 5) is 37.0. The number of benzene rings is 1. The molecule has 1 heterocycles. The Labute approximate surface area is 144 Å². The van der Waals surface area contributed by atoms with Gasteiger partial charge in [-0.1, -0.05) is 12.1 Å². The smallest absolute Gasteiger partial charge is 0.253 e. The summed E-state index contributed by atoms with van der Waals surface area (Å²) in [6.45, 7) is 0.695. The van der Waals surface area contributed by atoms with Crippen LogP contribution in [0.1, 0.15) is 10.4 Å². The molecular formula is C14H19ClN4O3S. The maximum absolute atomic E-state index is 12.0. The van der Waals surface area contributed by atoms with Crippen LogP contribution in [0, 0.1) is 0 Å². The lowest BCUT2D eigenvalue weighted by atomic mass is 10.1. The number of carbonyl (C=O) groups is 3. The predicted octanol–water partition coefficient (Wildman–Crippen LogP) is 0.268. The maximum Gasteiger partial charge on any atom is 0.253 e. The first-order chi connectivity index (χ1) is 10.6. The molecule has 1 saturated heterocycles. The quantitative estimate of drug-likeness (QED) is 0.677. The molecule has 1 fully saturated rings. The fraction of sp³-hybridized carbons (Fsp3) is 0.357. The fourth-order valence-corrected chi connectivity index (χ4v) is 2.88. The zero-order chi connectivity index (χ0) is 15.9. The molecule has 2 rings (SSSR count). The second-order valence-corrected chi connectivity index (χ2v) is 5.66. The third-order valence-corrected chi connectivity index (χ3v) is 3.98. The van der Waals surface area contributed by atoms with Gasteiger partial charge in [-0.25, -0.2) is 0 Å². The highest BCUT2D eigenvalue weighted by molar-refractivity contribution is 8.00. The van der Waals surface area contributed by atoms with Crippen molar-refractivity contribution in [2.75, 3.05) is 36.6 Å². The molecule has 0 aliphatic carbocycles. The van der Waals surface area contributed by atoms with Crippen molar-refractivity contribution >= 4 is 47.6 Å². The Bertz CT molecular complexity index is 585. The molecule has 0 radical (unpaired) electrons. The van der Waals surface area contributed by atoms with E-state index in [1.54, 1.807) is 24.3 Å². The van der Waals surface area contributed by atoms with Crippen molar-refractivity contribution in [3.05, 3.63) is 29.8 Å². The van der Waals surface area contributed by atoms with Crippen LogP contribution in [0.25, 0.3) is 0 Å². The predicted molar refractivity (Wildman–Crippen MR) is 92.7 cm³/mol. The summed E-state index contributed by atoms with van der Waals surface area (Å²) in [5.41, 5.74) is 6.14. The molecule has 0 spiro atoms. The van der Waals surface area contributed by atoms with Crippen LogP contribution >= 0.6 is 24.2 Å². The summed E-state index contributed by atoms with van der Waals surface area (Å²) in [5.74, 6) is 0.259. The lowest BCUT2D eigenvalue weighted by Gasteiger charge is -2.15. The molecule has 0 unspecified atom stereocenters. The molecule has 1 aliphatic rings. The van der Waals surface area contributed by atoms with Crippen molar-refractivity contribution < 1.29 is 14.4 Å². The van der Waals surface area contributed by atoms with E-state index in [1.165, 1.54) is 16.7 Å². The van der Waals surface area contributed by atoms with E-state index in [0.717, 1.165) is 0 Å². The lowest BCUT2D eigenvalue weighted by molar-refractivity contribution is -0.130. The highest BCUT2D eigenvalue weighted by Crippen LogP contribution is 2.17. The summed E-state index contributed by atoms with van der Waals surface area (Å²) in [7, 11) is 0. The van der Waals surface area contributed by atoms with Crippen LogP contribution in [0.3, 0.4) is 0 Å². The summed E-state index contributed by atoms with van der Waals surface area (Å²) in [6, 6.07) is 6.72.